The molecule has 0 spiro atoms. The van der Waals surface area contributed by atoms with E-state index in [-0.39, 0.29) is 0 Å². The Kier molecular flexibility index (Phi) is 2.88. The van der Waals surface area contributed by atoms with Gasteiger partial charge in [0.05, 0.1) is 11.1 Å². The molecule has 1 aromatic carbocycles. The number of nitrogens with zero attached hydrogens (tertiary/aromatic N) is 1. The molecule has 1 rings (SSSR count). The Morgan fingerprint density at radius 3 is 2.62 bits per heavy atom. The lowest BCUT2D eigenvalue weighted by Gasteiger charge is -2.04. The van der Waals surface area contributed by atoms with Gasteiger partial charge < -0.3 is 5.73 Å². The Balaban J connectivity index is 3.55. The van der Waals surface area contributed by atoms with Crippen molar-refractivity contribution < 1.29 is 4.79 Å². The summed E-state index contributed by atoms with van der Waals surface area (Å²) in [4.78, 5) is 11.0. The summed E-state index contributed by atoms with van der Waals surface area (Å²) in [7, 11) is 0. The van der Waals surface area contributed by atoms with Crippen molar-refractivity contribution in [3.8, 4) is 6.07 Å². The number of primary amides is 1. The average Bonchev–Trinajstić information content (AvgIpc) is 2.07. The molecule has 0 atom stereocenters. The largest absolute Gasteiger partial charge is 0.366 e. The zero-order valence-corrected chi connectivity index (χ0v) is 9.12. The Hall–Kier alpha value is -1.09. The van der Waals surface area contributed by atoms with Crippen LogP contribution in [0.2, 0.25) is 0 Å². The van der Waals surface area contributed by atoms with Gasteiger partial charge in [-0.3, -0.25) is 4.79 Å². The second-order valence-electron chi connectivity index (χ2n) is 2.59. The van der Waals surface area contributed by atoms with Crippen molar-refractivity contribution in [2.24, 2.45) is 5.73 Å². The molecule has 1 amide bonds. The lowest BCUT2D eigenvalue weighted by Crippen LogP contribution is -2.15. The summed E-state index contributed by atoms with van der Waals surface area (Å²) in [5, 5.41) is 8.81. The molecule has 0 heterocycles. The highest BCUT2D eigenvalue weighted by Gasteiger charge is 2.13. The second kappa shape index (κ2) is 3.75. The van der Waals surface area contributed by atoms with E-state index in [1.54, 1.807) is 19.1 Å². The van der Waals surface area contributed by atoms with Crippen LogP contribution in [-0.2, 0) is 0 Å². The summed E-state index contributed by atoms with van der Waals surface area (Å²) >= 11 is 2.01. The molecule has 13 heavy (non-hydrogen) atoms. The van der Waals surface area contributed by atoms with Gasteiger partial charge in [0.1, 0.15) is 6.07 Å². The van der Waals surface area contributed by atoms with Gasteiger partial charge >= 0.3 is 0 Å². The summed E-state index contributed by atoms with van der Waals surface area (Å²) in [5.74, 6) is -0.549. The molecule has 0 fully saturated rings. The number of hydrogen-bond acceptors (Lipinski definition) is 2. The van der Waals surface area contributed by atoms with E-state index >= 15 is 0 Å². The third kappa shape index (κ3) is 1.80. The van der Waals surface area contributed by atoms with Crippen LogP contribution in [-0.4, -0.2) is 5.91 Å². The van der Waals surface area contributed by atoms with E-state index in [0.29, 0.717) is 11.1 Å². The van der Waals surface area contributed by atoms with Crippen LogP contribution < -0.4 is 5.73 Å². The summed E-state index contributed by atoms with van der Waals surface area (Å²) in [6.07, 6.45) is 0. The first-order valence-corrected chi connectivity index (χ1v) is 4.64. The Morgan fingerprint density at radius 1 is 1.62 bits per heavy atom. The maximum Gasteiger partial charge on any atom is 0.250 e. The van der Waals surface area contributed by atoms with Crippen molar-refractivity contribution in [1.82, 2.24) is 0 Å². The molecular formula is C9H7IN2O. The first-order valence-electron chi connectivity index (χ1n) is 3.57. The van der Waals surface area contributed by atoms with Crippen molar-refractivity contribution in [3.63, 3.8) is 0 Å². The molecule has 0 aromatic heterocycles. The summed E-state index contributed by atoms with van der Waals surface area (Å²) in [6, 6.07) is 5.55. The number of halogens is 1. The zero-order chi connectivity index (χ0) is 10.0. The van der Waals surface area contributed by atoms with E-state index in [2.05, 4.69) is 0 Å². The van der Waals surface area contributed by atoms with Crippen molar-refractivity contribution in [2.45, 2.75) is 6.92 Å². The average molecular weight is 286 g/mol. The molecule has 1 aromatic rings. The molecule has 2 N–H and O–H groups in total. The predicted molar refractivity (Wildman–Crippen MR) is 57.1 cm³/mol. The van der Waals surface area contributed by atoms with E-state index in [4.69, 9.17) is 11.0 Å². The molecule has 0 aliphatic rings. The maximum atomic E-state index is 11.0. The smallest absolute Gasteiger partial charge is 0.250 e. The number of nitrogens with two attached hydrogens (primary N) is 1. The van der Waals surface area contributed by atoms with Crippen LogP contribution in [0.1, 0.15) is 21.5 Å². The van der Waals surface area contributed by atoms with E-state index < -0.39 is 5.91 Å². The van der Waals surface area contributed by atoms with Crippen molar-refractivity contribution in [2.75, 3.05) is 0 Å². The van der Waals surface area contributed by atoms with Gasteiger partial charge in [-0.25, -0.2) is 0 Å². The summed E-state index contributed by atoms with van der Waals surface area (Å²) in [5.41, 5.74) is 6.60. The number of nitriles is 1. The minimum absolute atomic E-state index is 0.328. The van der Waals surface area contributed by atoms with E-state index in [1.165, 1.54) is 0 Å². The molecule has 4 heteroatoms. The number of hydrogen-bond donors (Lipinski definition) is 1. The lowest BCUT2D eigenvalue weighted by molar-refractivity contribution is 0.0999. The predicted octanol–water partition coefficient (Wildman–Crippen LogP) is 1.57. The first kappa shape index (κ1) is 9.99. The van der Waals surface area contributed by atoms with Gasteiger partial charge in [0.25, 0.3) is 0 Å². The summed E-state index contributed by atoms with van der Waals surface area (Å²) in [6.45, 7) is 1.76. The monoisotopic (exact) mass is 286 g/mol. The van der Waals surface area contributed by atoms with Crippen LogP contribution in [0, 0.1) is 21.8 Å². The normalized spacial score (nSPS) is 9.31. The molecular weight excluding hydrogens is 279 g/mol. The highest BCUT2D eigenvalue weighted by Crippen LogP contribution is 2.19. The van der Waals surface area contributed by atoms with Gasteiger partial charge in [-0.15, -0.1) is 0 Å². The number of carbonyl (C=O) groups is 1. The Bertz CT molecular complexity index is 407. The fraction of sp³-hybridized carbons (Fsp3) is 0.111. The van der Waals surface area contributed by atoms with Crippen LogP contribution in [0.3, 0.4) is 0 Å². The van der Waals surface area contributed by atoms with Gasteiger partial charge in [0.2, 0.25) is 5.91 Å². The number of carbonyl (C=O) groups excluding carboxylic acids is 1. The zero-order valence-electron chi connectivity index (χ0n) is 6.97. The van der Waals surface area contributed by atoms with Gasteiger partial charge in [0, 0.05) is 3.57 Å². The number of amides is 1. The van der Waals surface area contributed by atoms with Crippen LogP contribution in [0.4, 0.5) is 0 Å². The van der Waals surface area contributed by atoms with Crippen molar-refractivity contribution >= 4 is 28.5 Å². The quantitative estimate of drug-likeness (QED) is 0.796. The van der Waals surface area contributed by atoms with Crippen molar-refractivity contribution in [3.05, 3.63) is 32.4 Å². The van der Waals surface area contributed by atoms with E-state index in [0.717, 1.165) is 9.13 Å². The Labute approximate surface area is 89.7 Å². The lowest BCUT2D eigenvalue weighted by atomic mass is 10.0. The van der Waals surface area contributed by atoms with E-state index in [9.17, 15) is 4.79 Å². The van der Waals surface area contributed by atoms with Crippen LogP contribution in [0.25, 0.3) is 0 Å². The highest BCUT2D eigenvalue weighted by atomic mass is 127. The molecule has 0 unspecified atom stereocenters. The van der Waals surface area contributed by atoms with Gasteiger partial charge in [-0.05, 0) is 41.1 Å². The van der Waals surface area contributed by atoms with Gasteiger partial charge in [-0.2, -0.15) is 5.26 Å². The molecule has 0 saturated heterocycles. The molecule has 0 bridgehead atoms. The molecule has 66 valence electrons. The molecule has 0 aliphatic carbocycles. The first-order chi connectivity index (χ1) is 6.07. The topological polar surface area (TPSA) is 66.9 Å². The number of rotatable bonds is 1. The minimum Gasteiger partial charge on any atom is -0.366 e. The van der Waals surface area contributed by atoms with Gasteiger partial charge in [-0.1, -0.05) is 6.07 Å². The van der Waals surface area contributed by atoms with Gasteiger partial charge in [0.15, 0.2) is 0 Å². The number of aryl methyl sites for hydroxylation is 1. The summed E-state index contributed by atoms with van der Waals surface area (Å²) < 4.78 is 0.750. The fourth-order valence-corrected chi connectivity index (χ4v) is 1.68. The van der Waals surface area contributed by atoms with Crippen LogP contribution >= 0.6 is 22.6 Å². The molecule has 0 aliphatic heterocycles. The van der Waals surface area contributed by atoms with Crippen LogP contribution in [0.15, 0.2) is 12.1 Å². The molecule has 0 saturated carbocycles. The van der Waals surface area contributed by atoms with E-state index in [1.807, 2.05) is 28.7 Å². The third-order valence-electron chi connectivity index (χ3n) is 1.72. The highest BCUT2D eigenvalue weighted by molar-refractivity contribution is 14.1. The SMILES string of the molecule is Cc1ccc(I)c(C#N)c1C(N)=O. The van der Waals surface area contributed by atoms with Crippen molar-refractivity contribution in [1.29, 1.82) is 5.26 Å². The molecule has 3 nitrogen and oxygen atoms in total. The third-order valence-corrected chi connectivity index (χ3v) is 2.62. The Morgan fingerprint density at radius 2 is 2.23 bits per heavy atom. The number of benzene rings is 1. The maximum absolute atomic E-state index is 11.0. The second-order valence-corrected chi connectivity index (χ2v) is 3.75. The van der Waals surface area contributed by atoms with Crippen LogP contribution in [0.5, 0.6) is 0 Å². The standard InChI is InChI=1S/C9H7IN2O/c1-5-2-3-7(10)6(4-11)8(5)9(12)13/h2-3H,1H3,(H2,12,13). The minimum atomic E-state index is -0.549. The fourth-order valence-electron chi connectivity index (χ4n) is 1.11. The molecule has 0 radical (unpaired) electrons.